The average molecular weight is 360 g/mol. The molecule has 0 aliphatic carbocycles. The number of esters is 1. The molecule has 0 saturated heterocycles. The van der Waals surface area contributed by atoms with E-state index in [1.54, 1.807) is 39.0 Å². The monoisotopic (exact) mass is 360 g/mol. The summed E-state index contributed by atoms with van der Waals surface area (Å²) in [6, 6.07) is 4.99. The van der Waals surface area contributed by atoms with Gasteiger partial charge in [0, 0.05) is 23.0 Å². The van der Waals surface area contributed by atoms with Gasteiger partial charge in [-0.1, -0.05) is 0 Å². The Morgan fingerprint density at radius 3 is 2.73 bits per heavy atom. The summed E-state index contributed by atoms with van der Waals surface area (Å²) in [5.74, 6) is 0.0242. The molecule has 0 saturated carbocycles. The van der Waals surface area contributed by atoms with Gasteiger partial charge in [0.15, 0.2) is 18.1 Å². The van der Waals surface area contributed by atoms with Crippen LogP contribution >= 0.6 is 0 Å². The van der Waals surface area contributed by atoms with Crippen LogP contribution in [-0.2, 0) is 9.53 Å². The lowest BCUT2D eigenvalue weighted by Gasteiger charge is -2.08. The highest BCUT2D eigenvalue weighted by Gasteiger charge is 2.22. The third-order valence-corrected chi connectivity index (χ3v) is 4.11. The van der Waals surface area contributed by atoms with E-state index in [2.05, 4.69) is 10.3 Å². The van der Waals surface area contributed by atoms with Crippen LogP contribution in [0.5, 0.6) is 11.5 Å². The van der Waals surface area contributed by atoms with Crippen molar-refractivity contribution >= 4 is 17.6 Å². The van der Waals surface area contributed by atoms with Gasteiger partial charge >= 0.3 is 5.97 Å². The quantitative estimate of drug-likeness (QED) is 0.705. The minimum absolute atomic E-state index is 0.147. The smallest absolute Gasteiger partial charge is 0.355 e. The Labute approximate surface area is 150 Å². The van der Waals surface area contributed by atoms with Gasteiger partial charge in [0.2, 0.25) is 6.79 Å². The second-order valence-electron chi connectivity index (χ2n) is 6.03. The highest BCUT2D eigenvalue weighted by atomic mass is 16.7. The Balaban J connectivity index is 1.59. The van der Waals surface area contributed by atoms with Crippen molar-refractivity contribution < 1.29 is 28.9 Å². The van der Waals surface area contributed by atoms with Crippen molar-refractivity contribution in [2.45, 2.75) is 26.9 Å². The number of aliphatic hydroxyl groups is 1. The van der Waals surface area contributed by atoms with E-state index in [0.717, 1.165) is 0 Å². The average Bonchev–Trinajstić information content (AvgIpc) is 3.16. The zero-order chi connectivity index (χ0) is 18.8. The van der Waals surface area contributed by atoms with Crippen LogP contribution in [-0.4, -0.2) is 35.4 Å². The first kappa shape index (κ1) is 17.8. The first-order chi connectivity index (χ1) is 12.4. The second-order valence-corrected chi connectivity index (χ2v) is 6.03. The maximum atomic E-state index is 12.2. The van der Waals surface area contributed by atoms with Gasteiger partial charge in [0.05, 0.1) is 6.10 Å². The van der Waals surface area contributed by atoms with E-state index in [0.29, 0.717) is 34.0 Å². The number of H-pyrrole nitrogens is 1. The van der Waals surface area contributed by atoms with E-state index in [-0.39, 0.29) is 12.5 Å². The Bertz CT molecular complexity index is 856. The molecule has 8 nitrogen and oxygen atoms in total. The van der Waals surface area contributed by atoms with E-state index in [4.69, 9.17) is 14.2 Å². The molecule has 1 aromatic carbocycles. The van der Waals surface area contributed by atoms with E-state index in [9.17, 15) is 14.7 Å². The molecule has 8 heteroatoms. The van der Waals surface area contributed by atoms with Crippen molar-refractivity contribution in [3.63, 3.8) is 0 Å². The van der Waals surface area contributed by atoms with Crippen molar-refractivity contribution in [1.82, 2.24) is 4.98 Å². The van der Waals surface area contributed by atoms with Gasteiger partial charge in [-0.05, 0) is 38.5 Å². The molecule has 1 amide bonds. The molecule has 2 aromatic rings. The molecule has 1 aliphatic rings. The van der Waals surface area contributed by atoms with Crippen LogP contribution in [0.4, 0.5) is 5.69 Å². The van der Waals surface area contributed by atoms with Crippen LogP contribution in [0.15, 0.2) is 18.2 Å². The number of ether oxygens (including phenoxy) is 3. The number of amides is 1. The normalized spacial score (nSPS) is 13.4. The molecule has 0 bridgehead atoms. The predicted octanol–water partition coefficient (Wildman–Crippen LogP) is 2.21. The van der Waals surface area contributed by atoms with E-state index in [1.807, 2.05) is 0 Å². The summed E-state index contributed by atoms with van der Waals surface area (Å²) < 4.78 is 15.5. The number of hydrogen-bond acceptors (Lipinski definition) is 6. The van der Waals surface area contributed by atoms with Crippen molar-refractivity contribution in [1.29, 1.82) is 0 Å². The van der Waals surface area contributed by atoms with Gasteiger partial charge in [-0.3, -0.25) is 4.79 Å². The van der Waals surface area contributed by atoms with Crippen molar-refractivity contribution in [3.05, 3.63) is 40.7 Å². The molecule has 138 valence electrons. The van der Waals surface area contributed by atoms with Crippen LogP contribution in [0.25, 0.3) is 0 Å². The number of aromatic nitrogens is 1. The number of nitrogens with one attached hydrogen (secondary N) is 2. The minimum atomic E-state index is -0.706. The Hall–Kier alpha value is -3.00. The summed E-state index contributed by atoms with van der Waals surface area (Å²) >= 11 is 0. The van der Waals surface area contributed by atoms with Crippen LogP contribution < -0.4 is 14.8 Å². The van der Waals surface area contributed by atoms with Gasteiger partial charge in [0.1, 0.15) is 5.69 Å². The number of aryl methyl sites for hydroxylation is 1. The number of hydrogen-bond donors (Lipinski definition) is 3. The van der Waals surface area contributed by atoms with E-state index in [1.165, 1.54) is 0 Å². The van der Waals surface area contributed by atoms with Crippen LogP contribution in [0, 0.1) is 13.8 Å². The fraction of sp³-hybridized carbons (Fsp3) is 0.333. The summed E-state index contributed by atoms with van der Waals surface area (Å²) in [6.45, 7) is 4.81. The number of benzene rings is 1. The lowest BCUT2D eigenvalue weighted by molar-refractivity contribution is -0.119. The molecule has 0 radical (unpaired) electrons. The van der Waals surface area contributed by atoms with Crippen molar-refractivity contribution in [3.8, 4) is 11.5 Å². The lowest BCUT2D eigenvalue weighted by atomic mass is 10.1. The Morgan fingerprint density at radius 2 is 2.04 bits per heavy atom. The lowest BCUT2D eigenvalue weighted by Crippen LogP contribution is -2.21. The van der Waals surface area contributed by atoms with E-state index >= 15 is 0 Å². The largest absolute Gasteiger partial charge is 0.454 e. The number of carbonyl (C=O) groups is 2. The zero-order valence-electron chi connectivity index (χ0n) is 14.7. The fourth-order valence-electron chi connectivity index (χ4n) is 2.97. The molecule has 1 aliphatic heterocycles. The Morgan fingerprint density at radius 1 is 1.31 bits per heavy atom. The van der Waals surface area contributed by atoms with Crippen LogP contribution in [0.3, 0.4) is 0 Å². The highest BCUT2D eigenvalue weighted by Crippen LogP contribution is 2.34. The molecule has 1 aromatic heterocycles. The first-order valence-electron chi connectivity index (χ1n) is 8.10. The second kappa shape index (κ2) is 7.09. The SMILES string of the molecule is Cc1[nH]c(C(=O)OCC(=O)Nc2ccc3c(c2)OCO3)c(C)c1[C@H](C)O. The summed E-state index contributed by atoms with van der Waals surface area (Å²) in [7, 11) is 0. The van der Waals surface area contributed by atoms with Crippen LogP contribution in [0.1, 0.15) is 40.3 Å². The summed E-state index contributed by atoms with van der Waals surface area (Å²) in [4.78, 5) is 27.1. The Kier molecular flexibility index (Phi) is 4.85. The number of anilines is 1. The maximum Gasteiger partial charge on any atom is 0.355 e. The van der Waals surface area contributed by atoms with Gasteiger partial charge in [-0.2, -0.15) is 0 Å². The molecule has 1 atom stereocenters. The third-order valence-electron chi connectivity index (χ3n) is 4.11. The number of carbonyl (C=O) groups excluding carboxylic acids is 2. The molecule has 3 rings (SSSR count). The molecular formula is C18H20N2O6. The standard InChI is InChI=1S/C18H20N2O6/c1-9-16(11(3)21)10(2)19-17(9)18(23)24-7-15(22)20-12-4-5-13-14(6-12)26-8-25-13/h4-6,11,19,21H,7-8H2,1-3H3,(H,20,22)/t11-/m0/s1. The molecular weight excluding hydrogens is 340 g/mol. The minimum Gasteiger partial charge on any atom is -0.454 e. The third kappa shape index (κ3) is 3.50. The highest BCUT2D eigenvalue weighted by molar-refractivity contribution is 5.95. The van der Waals surface area contributed by atoms with Crippen molar-refractivity contribution in [2.75, 3.05) is 18.7 Å². The fourth-order valence-corrected chi connectivity index (χ4v) is 2.97. The number of aliphatic hydroxyl groups excluding tert-OH is 1. The first-order valence-corrected chi connectivity index (χ1v) is 8.10. The number of fused-ring (bicyclic) bond motifs is 1. The molecule has 3 N–H and O–H groups in total. The maximum absolute atomic E-state index is 12.2. The summed E-state index contributed by atoms with van der Waals surface area (Å²) in [5.41, 5.74) is 2.70. The van der Waals surface area contributed by atoms with Gasteiger partial charge in [-0.25, -0.2) is 4.79 Å². The predicted molar refractivity (Wildman–Crippen MR) is 92.4 cm³/mol. The molecule has 0 spiro atoms. The van der Waals surface area contributed by atoms with Crippen LogP contribution in [0.2, 0.25) is 0 Å². The summed E-state index contributed by atoms with van der Waals surface area (Å²) in [5, 5.41) is 12.4. The van der Waals surface area contributed by atoms with Gasteiger partial charge in [-0.15, -0.1) is 0 Å². The molecule has 26 heavy (non-hydrogen) atoms. The number of aromatic amines is 1. The van der Waals surface area contributed by atoms with Gasteiger partial charge < -0.3 is 29.6 Å². The van der Waals surface area contributed by atoms with Gasteiger partial charge in [0.25, 0.3) is 5.91 Å². The molecule has 2 heterocycles. The number of rotatable bonds is 5. The van der Waals surface area contributed by atoms with E-state index < -0.39 is 24.6 Å². The summed E-state index contributed by atoms with van der Waals surface area (Å²) in [6.07, 6.45) is -0.706. The molecule has 0 unspecified atom stereocenters. The topological polar surface area (TPSA) is 110 Å². The molecule has 0 fully saturated rings. The zero-order valence-corrected chi connectivity index (χ0v) is 14.7. The van der Waals surface area contributed by atoms with Crippen molar-refractivity contribution in [2.24, 2.45) is 0 Å².